The molecule has 0 amide bonds. The first kappa shape index (κ1) is 16.9. The predicted molar refractivity (Wildman–Crippen MR) is 86.6 cm³/mol. The number of aromatic nitrogens is 2. The summed E-state index contributed by atoms with van der Waals surface area (Å²) < 4.78 is 11.9. The van der Waals surface area contributed by atoms with Crippen molar-refractivity contribution in [1.82, 2.24) is 9.55 Å². The average molecular weight is 318 g/mol. The number of nitrogens with zero attached hydrogens (tertiary/aromatic N) is 2. The molecule has 0 bridgehead atoms. The minimum Gasteiger partial charge on any atom is -0.497 e. The molecule has 124 valence electrons. The summed E-state index contributed by atoms with van der Waals surface area (Å²) in [6.45, 7) is 8.09. The summed E-state index contributed by atoms with van der Waals surface area (Å²) in [4.78, 5) is 15.8. The van der Waals surface area contributed by atoms with Crippen molar-refractivity contribution < 1.29 is 19.4 Å². The van der Waals surface area contributed by atoms with Gasteiger partial charge in [-0.15, -0.1) is 0 Å². The van der Waals surface area contributed by atoms with Crippen molar-refractivity contribution in [1.29, 1.82) is 0 Å². The maximum atomic E-state index is 11.5. The molecule has 0 saturated carbocycles. The standard InChI is InChI=1S/C17H22N2O4/c1-11(17(2,3)4)15-18-14(10-19(15)16(20)21)23-13-8-6-12(22-5)7-9-13/h6-11H,1-5H3,(H,20,21). The van der Waals surface area contributed by atoms with Gasteiger partial charge < -0.3 is 14.6 Å². The van der Waals surface area contributed by atoms with Crippen molar-refractivity contribution >= 4 is 6.09 Å². The molecule has 0 fully saturated rings. The molecule has 6 nitrogen and oxygen atoms in total. The van der Waals surface area contributed by atoms with Crippen molar-refractivity contribution in [2.45, 2.75) is 33.6 Å². The maximum Gasteiger partial charge on any atom is 0.417 e. The molecule has 1 heterocycles. The SMILES string of the molecule is COc1ccc(Oc2cn(C(=O)O)c(C(C)C(C)(C)C)n2)cc1. The van der Waals surface area contributed by atoms with E-state index in [1.54, 1.807) is 31.4 Å². The van der Waals surface area contributed by atoms with E-state index < -0.39 is 6.09 Å². The van der Waals surface area contributed by atoms with Crippen molar-refractivity contribution in [3.63, 3.8) is 0 Å². The van der Waals surface area contributed by atoms with Gasteiger partial charge in [0, 0.05) is 5.92 Å². The Kier molecular flexibility index (Phi) is 4.63. The van der Waals surface area contributed by atoms with Crippen molar-refractivity contribution in [3.8, 4) is 17.4 Å². The molecule has 0 aliphatic carbocycles. The van der Waals surface area contributed by atoms with Crippen LogP contribution in [0.4, 0.5) is 4.79 Å². The molecule has 23 heavy (non-hydrogen) atoms. The molecule has 0 aliphatic rings. The molecule has 0 radical (unpaired) electrons. The third kappa shape index (κ3) is 3.83. The monoisotopic (exact) mass is 318 g/mol. The van der Waals surface area contributed by atoms with Crippen LogP contribution in [0.1, 0.15) is 39.4 Å². The highest BCUT2D eigenvalue weighted by atomic mass is 16.5. The molecule has 0 spiro atoms. The fourth-order valence-corrected chi connectivity index (χ4v) is 2.03. The lowest BCUT2D eigenvalue weighted by Crippen LogP contribution is -2.22. The van der Waals surface area contributed by atoms with Gasteiger partial charge >= 0.3 is 6.09 Å². The Morgan fingerprint density at radius 2 is 1.78 bits per heavy atom. The summed E-state index contributed by atoms with van der Waals surface area (Å²) >= 11 is 0. The van der Waals surface area contributed by atoms with Crippen LogP contribution in [0.15, 0.2) is 30.5 Å². The van der Waals surface area contributed by atoms with E-state index in [-0.39, 0.29) is 17.2 Å². The summed E-state index contributed by atoms with van der Waals surface area (Å²) in [6.07, 6.45) is 0.317. The van der Waals surface area contributed by atoms with Gasteiger partial charge in [-0.25, -0.2) is 9.36 Å². The van der Waals surface area contributed by atoms with Crippen LogP contribution in [0.25, 0.3) is 0 Å². The largest absolute Gasteiger partial charge is 0.497 e. The maximum absolute atomic E-state index is 11.5. The van der Waals surface area contributed by atoms with Gasteiger partial charge in [0.05, 0.1) is 13.3 Å². The lowest BCUT2D eigenvalue weighted by atomic mass is 9.81. The second-order valence-electron chi connectivity index (χ2n) is 6.46. The first-order valence-corrected chi connectivity index (χ1v) is 7.37. The third-order valence-corrected chi connectivity index (χ3v) is 3.89. The fraction of sp³-hybridized carbons (Fsp3) is 0.412. The van der Waals surface area contributed by atoms with Crippen LogP contribution in [0.2, 0.25) is 0 Å². The molecule has 1 aromatic heterocycles. The van der Waals surface area contributed by atoms with Crippen molar-refractivity contribution in [2.24, 2.45) is 5.41 Å². The molecule has 2 rings (SSSR count). The van der Waals surface area contributed by atoms with E-state index in [0.29, 0.717) is 11.6 Å². The van der Waals surface area contributed by atoms with E-state index in [1.807, 2.05) is 27.7 Å². The quantitative estimate of drug-likeness (QED) is 0.906. The van der Waals surface area contributed by atoms with Crippen LogP contribution >= 0.6 is 0 Å². The van der Waals surface area contributed by atoms with Crippen LogP contribution in [0.3, 0.4) is 0 Å². The summed E-state index contributed by atoms with van der Waals surface area (Å²) in [5.41, 5.74) is -0.115. The zero-order valence-electron chi connectivity index (χ0n) is 14.0. The molecule has 0 saturated heterocycles. The van der Waals surface area contributed by atoms with Gasteiger partial charge in [0.15, 0.2) is 0 Å². The molecule has 6 heteroatoms. The van der Waals surface area contributed by atoms with Gasteiger partial charge in [-0.3, -0.25) is 0 Å². The van der Waals surface area contributed by atoms with Gasteiger partial charge in [-0.1, -0.05) is 27.7 Å². The molecule has 0 aliphatic heterocycles. The highest BCUT2D eigenvalue weighted by Crippen LogP contribution is 2.35. The van der Waals surface area contributed by atoms with Gasteiger partial charge in [-0.2, -0.15) is 4.98 Å². The summed E-state index contributed by atoms with van der Waals surface area (Å²) in [7, 11) is 1.59. The van der Waals surface area contributed by atoms with Gasteiger partial charge in [0.2, 0.25) is 5.88 Å². The van der Waals surface area contributed by atoms with E-state index in [0.717, 1.165) is 10.3 Å². The number of hydrogen-bond acceptors (Lipinski definition) is 4. The number of hydrogen-bond donors (Lipinski definition) is 1. The minimum atomic E-state index is -1.08. The number of benzene rings is 1. The second-order valence-corrected chi connectivity index (χ2v) is 6.46. The van der Waals surface area contributed by atoms with Gasteiger partial charge in [-0.05, 0) is 29.7 Å². The minimum absolute atomic E-state index is 0.0492. The van der Waals surface area contributed by atoms with Crippen molar-refractivity contribution in [2.75, 3.05) is 7.11 Å². The number of rotatable bonds is 4. The molecule has 1 atom stereocenters. The Labute approximate surface area is 135 Å². The molecular weight excluding hydrogens is 296 g/mol. The molecule has 1 unspecified atom stereocenters. The smallest absolute Gasteiger partial charge is 0.417 e. The molecule has 2 aromatic rings. The second kappa shape index (κ2) is 6.32. The van der Waals surface area contributed by atoms with Crippen LogP contribution in [0, 0.1) is 5.41 Å². The zero-order valence-corrected chi connectivity index (χ0v) is 14.0. The number of ether oxygens (including phenoxy) is 2. The Morgan fingerprint density at radius 1 is 1.22 bits per heavy atom. The Morgan fingerprint density at radius 3 is 2.26 bits per heavy atom. The number of methoxy groups -OCH3 is 1. The Balaban J connectivity index is 2.31. The predicted octanol–water partition coefficient (Wildman–Crippen LogP) is 4.36. The molecule has 1 N–H and O–H groups in total. The highest BCUT2D eigenvalue weighted by molar-refractivity contribution is 5.69. The molecule has 1 aromatic carbocycles. The summed E-state index contributed by atoms with van der Waals surface area (Å²) in [5.74, 6) is 1.95. The first-order valence-electron chi connectivity index (χ1n) is 7.37. The Bertz CT molecular complexity index is 684. The van der Waals surface area contributed by atoms with Crippen LogP contribution in [0.5, 0.6) is 17.4 Å². The van der Waals surface area contributed by atoms with Crippen molar-refractivity contribution in [3.05, 3.63) is 36.3 Å². The third-order valence-electron chi connectivity index (χ3n) is 3.89. The van der Waals surface area contributed by atoms with E-state index in [4.69, 9.17) is 9.47 Å². The summed E-state index contributed by atoms with van der Waals surface area (Å²) in [5, 5.41) is 9.38. The van der Waals surface area contributed by atoms with E-state index >= 15 is 0 Å². The van der Waals surface area contributed by atoms with Crippen LogP contribution in [-0.2, 0) is 0 Å². The Hall–Kier alpha value is -2.50. The lowest BCUT2D eigenvalue weighted by Gasteiger charge is -2.26. The summed E-state index contributed by atoms with van der Waals surface area (Å²) in [6, 6.07) is 7.02. The first-order chi connectivity index (χ1) is 10.7. The number of carboxylic acid groups (broad SMARTS) is 1. The average Bonchev–Trinajstić information content (AvgIpc) is 2.90. The van der Waals surface area contributed by atoms with E-state index in [9.17, 15) is 9.90 Å². The normalized spacial score (nSPS) is 12.7. The molecular formula is C17H22N2O4. The zero-order chi connectivity index (χ0) is 17.2. The van der Waals surface area contributed by atoms with Crippen LogP contribution in [-0.4, -0.2) is 27.9 Å². The van der Waals surface area contributed by atoms with Gasteiger partial charge in [0.1, 0.15) is 17.3 Å². The topological polar surface area (TPSA) is 73.6 Å². The van der Waals surface area contributed by atoms with Gasteiger partial charge in [0.25, 0.3) is 0 Å². The lowest BCUT2D eigenvalue weighted by molar-refractivity contribution is 0.193. The number of carbonyl (C=O) groups is 1. The van der Waals surface area contributed by atoms with E-state index in [1.165, 1.54) is 6.20 Å². The highest BCUT2D eigenvalue weighted by Gasteiger charge is 2.28. The van der Waals surface area contributed by atoms with Crippen LogP contribution < -0.4 is 9.47 Å². The fourth-order valence-electron chi connectivity index (χ4n) is 2.03. The van der Waals surface area contributed by atoms with E-state index in [2.05, 4.69) is 4.98 Å². The number of imidazole rings is 1.